The number of piperidine rings is 1. The van der Waals surface area contributed by atoms with E-state index in [4.69, 9.17) is 0 Å². The van der Waals surface area contributed by atoms with Crippen molar-refractivity contribution in [3.63, 3.8) is 0 Å². The van der Waals surface area contributed by atoms with E-state index in [1.165, 1.54) is 22.5 Å². The number of rotatable bonds is 5. The minimum Gasteiger partial charge on any atom is -0.305 e. The fourth-order valence-electron chi connectivity index (χ4n) is 3.80. The molecule has 0 spiro atoms. The predicted octanol–water partition coefficient (Wildman–Crippen LogP) is 4.76. The van der Waals surface area contributed by atoms with Gasteiger partial charge in [-0.1, -0.05) is 23.8 Å². The molecule has 3 heterocycles. The molecule has 0 bridgehead atoms. The first-order valence-corrected chi connectivity index (χ1v) is 10.6. The van der Waals surface area contributed by atoms with Crippen LogP contribution in [-0.2, 0) is 6.54 Å². The van der Waals surface area contributed by atoms with Gasteiger partial charge in [0.2, 0.25) is 0 Å². The molecule has 5 heteroatoms. The fraction of sp³-hybridized carbons (Fsp3) is 0.304. The van der Waals surface area contributed by atoms with E-state index >= 15 is 0 Å². The average molecular weight is 392 g/mol. The number of amides is 1. The molecule has 1 saturated heterocycles. The Hall–Kier alpha value is -2.50. The van der Waals surface area contributed by atoms with Crippen LogP contribution in [0.1, 0.15) is 33.6 Å². The number of carbonyl (C=O) groups excluding carboxylic acids is 1. The number of aryl methyl sites for hydroxylation is 1. The third kappa shape index (κ3) is 4.32. The zero-order valence-corrected chi connectivity index (χ0v) is 16.9. The maximum Gasteiger partial charge on any atom is 0.268 e. The van der Waals surface area contributed by atoms with E-state index in [1.807, 2.05) is 34.8 Å². The minimum atomic E-state index is 0.117. The van der Waals surface area contributed by atoms with Gasteiger partial charge in [0.1, 0.15) is 0 Å². The van der Waals surface area contributed by atoms with Crippen molar-refractivity contribution in [2.75, 3.05) is 18.0 Å². The summed E-state index contributed by atoms with van der Waals surface area (Å²) in [6, 6.07) is 16.6. The highest BCUT2D eigenvalue weighted by Gasteiger charge is 2.30. The van der Waals surface area contributed by atoms with Crippen LogP contribution in [0.2, 0.25) is 0 Å². The van der Waals surface area contributed by atoms with Gasteiger partial charge < -0.3 is 4.90 Å². The Morgan fingerprint density at radius 2 is 1.82 bits per heavy atom. The number of anilines is 1. The molecule has 1 aromatic carbocycles. The van der Waals surface area contributed by atoms with Crippen LogP contribution in [-0.4, -0.2) is 34.9 Å². The van der Waals surface area contributed by atoms with Gasteiger partial charge in [-0.05, 0) is 61.0 Å². The smallest absolute Gasteiger partial charge is 0.268 e. The fourth-order valence-corrected chi connectivity index (χ4v) is 4.46. The summed E-state index contributed by atoms with van der Waals surface area (Å²) >= 11 is 1.52. The first-order valence-electron chi connectivity index (χ1n) is 9.76. The number of aromatic nitrogens is 1. The molecule has 0 aliphatic carbocycles. The molecule has 1 amide bonds. The quantitative estimate of drug-likeness (QED) is 0.629. The van der Waals surface area contributed by atoms with Crippen LogP contribution in [0.5, 0.6) is 0 Å². The van der Waals surface area contributed by atoms with Gasteiger partial charge in [0.25, 0.3) is 5.91 Å². The van der Waals surface area contributed by atoms with Gasteiger partial charge in [-0.25, -0.2) is 0 Å². The van der Waals surface area contributed by atoms with Crippen molar-refractivity contribution >= 4 is 22.9 Å². The van der Waals surface area contributed by atoms with Crippen molar-refractivity contribution in [2.45, 2.75) is 32.4 Å². The number of pyridine rings is 1. The monoisotopic (exact) mass is 391 g/mol. The van der Waals surface area contributed by atoms with Crippen LogP contribution >= 0.6 is 11.3 Å². The largest absolute Gasteiger partial charge is 0.305 e. The summed E-state index contributed by atoms with van der Waals surface area (Å²) in [6.07, 6.45) is 5.66. The Labute approximate surface area is 170 Å². The van der Waals surface area contributed by atoms with E-state index in [0.29, 0.717) is 0 Å². The second kappa shape index (κ2) is 8.67. The Morgan fingerprint density at radius 1 is 1.11 bits per heavy atom. The molecule has 144 valence electrons. The molecule has 0 unspecified atom stereocenters. The van der Waals surface area contributed by atoms with Gasteiger partial charge >= 0.3 is 0 Å². The second-order valence-corrected chi connectivity index (χ2v) is 8.30. The van der Waals surface area contributed by atoms with Crippen LogP contribution in [0, 0.1) is 6.92 Å². The first kappa shape index (κ1) is 18.8. The van der Waals surface area contributed by atoms with E-state index in [1.54, 1.807) is 0 Å². The molecule has 0 N–H and O–H groups in total. The number of hydrogen-bond donors (Lipinski definition) is 0. The summed E-state index contributed by atoms with van der Waals surface area (Å²) < 4.78 is 0. The lowest BCUT2D eigenvalue weighted by atomic mass is 10.0. The van der Waals surface area contributed by atoms with Crippen molar-refractivity contribution < 1.29 is 4.79 Å². The Kier molecular flexibility index (Phi) is 5.84. The lowest BCUT2D eigenvalue weighted by Gasteiger charge is -2.38. The minimum absolute atomic E-state index is 0.117. The number of hydrogen-bond acceptors (Lipinski definition) is 4. The molecule has 28 heavy (non-hydrogen) atoms. The van der Waals surface area contributed by atoms with E-state index in [9.17, 15) is 4.79 Å². The van der Waals surface area contributed by atoms with E-state index in [2.05, 4.69) is 53.2 Å². The summed E-state index contributed by atoms with van der Waals surface area (Å²) in [5.74, 6) is 0.117. The lowest BCUT2D eigenvalue weighted by molar-refractivity contribution is 0.0962. The summed E-state index contributed by atoms with van der Waals surface area (Å²) in [7, 11) is 0. The van der Waals surface area contributed by atoms with Crippen molar-refractivity contribution in [3.8, 4) is 0 Å². The normalized spacial score (nSPS) is 15.5. The van der Waals surface area contributed by atoms with E-state index in [0.717, 1.165) is 43.0 Å². The molecule has 0 radical (unpaired) electrons. The Balaban J connectivity index is 1.49. The highest BCUT2D eigenvalue weighted by atomic mass is 32.1. The number of carbonyl (C=O) groups is 1. The molecule has 1 aliphatic heterocycles. The summed E-state index contributed by atoms with van der Waals surface area (Å²) in [4.78, 5) is 22.7. The van der Waals surface area contributed by atoms with Gasteiger partial charge in [-0.15, -0.1) is 11.3 Å². The van der Waals surface area contributed by atoms with Crippen molar-refractivity contribution in [2.24, 2.45) is 0 Å². The van der Waals surface area contributed by atoms with Crippen LogP contribution in [0.25, 0.3) is 0 Å². The number of nitrogens with zero attached hydrogens (tertiary/aromatic N) is 3. The van der Waals surface area contributed by atoms with Crippen LogP contribution in [0.15, 0.2) is 66.3 Å². The molecule has 4 rings (SSSR count). The molecule has 1 fully saturated rings. The number of benzene rings is 1. The molecular formula is C23H25N3OS. The number of thiophene rings is 1. The predicted molar refractivity (Wildman–Crippen MR) is 115 cm³/mol. The molecular weight excluding hydrogens is 366 g/mol. The molecule has 1 aliphatic rings. The van der Waals surface area contributed by atoms with Gasteiger partial charge in [-0.3, -0.25) is 14.7 Å². The van der Waals surface area contributed by atoms with Gasteiger partial charge in [0, 0.05) is 43.8 Å². The first-order chi connectivity index (χ1) is 13.7. The van der Waals surface area contributed by atoms with E-state index in [-0.39, 0.29) is 11.9 Å². The number of likely N-dealkylation sites (tertiary alicyclic amines) is 1. The third-order valence-corrected chi connectivity index (χ3v) is 6.20. The van der Waals surface area contributed by atoms with Gasteiger partial charge in [0.05, 0.1) is 4.88 Å². The topological polar surface area (TPSA) is 36.4 Å². The zero-order chi connectivity index (χ0) is 19.3. The van der Waals surface area contributed by atoms with Gasteiger partial charge in [0.15, 0.2) is 0 Å². The van der Waals surface area contributed by atoms with Crippen molar-refractivity contribution in [3.05, 3.63) is 82.3 Å². The molecule has 0 saturated carbocycles. The van der Waals surface area contributed by atoms with Crippen molar-refractivity contribution in [1.82, 2.24) is 9.88 Å². The SMILES string of the molecule is Cc1ccc(N(C(=O)c2cccs2)C2CCN(Cc3ccncc3)CC2)cc1. The van der Waals surface area contributed by atoms with Crippen LogP contribution < -0.4 is 4.90 Å². The highest BCUT2D eigenvalue weighted by Crippen LogP contribution is 2.28. The lowest BCUT2D eigenvalue weighted by Crippen LogP contribution is -2.47. The summed E-state index contributed by atoms with van der Waals surface area (Å²) in [5, 5.41) is 1.97. The average Bonchev–Trinajstić information content (AvgIpc) is 3.27. The molecule has 3 aromatic rings. The zero-order valence-electron chi connectivity index (χ0n) is 16.1. The maximum atomic E-state index is 13.3. The summed E-state index contributed by atoms with van der Waals surface area (Å²) in [5.41, 5.74) is 3.49. The maximum absolute atomic E-state index is 13.3. The standard InChI is InChI=1S/C23H25N3OS/c1-18-4-6-20(7-5-18)26(23(27)22-3-2-16-28-22)21-10-14-25(15-11-21)17-19-8-12-24-13-9-19/h2-9,12-13,16,21H,10-11,14-15,17H2,1H3. The highest BCUT2D eigenvalue weighted by molar-refractivity contribution is 7.12. The van der Waals surface area contributed by atoms with Gasteiger partial charge in [-0.2, -0.15) is 0 Å². The van der Waals surface area contributed by atoms with E-state index < -0.39 is 0 Å². The molecule has 0 atom stereocenters. The second-order valence-electron chi connectivity index (χ2n) is 7.35. The molecule has 2 aromatic heterocycles. The van der Waals surface area contributed by atoms with Crippen molar-refractivity contribution in [1.29, 1.82) is 0 Å². The van der Waals surface area contributed by atoms with Crippen LogP contribution in [0.4, 0.5) is 5.69 Å². The summed E-state index contributed by atoms with van der Waals surface area (Å²) in [6.45, 7) is 5.01. The molecule has 4 nitrogen and oxygen atoms in total. The Bertz CT molecular complexity index is 885. The van der Waals surface area contributed by atoms with Crippen LogP contribution in [0.3, 0.4) is 0 Å². The third-order valence-electron chi connectivity index (χ3n) is 5.34. The Morgan fingerprint density at radius 3 is 2.46 bits per heavy atom.